The van der Waals surface area contributed by atoms with Crippen molar-refractivity contribution in [1.82, 2.24) is 20.2 Å². The minimum absolute atomic E-state index is 0.588. The first kappa shape index (κ1) is 10.2. The van der Waals surface area contributed by atoms with Crippen molar-refractivity contribution < 1.29 is 4.74 Å². The van der Waals surface area contributed by atoms with Crippen LogP contribution in [0.3, 0.4) is 0 Å². The fraction of sp³-hybridized carbons (Fsp3) is 0.444. The molecule has 0 amide bonds. The zero-order chi connectivity index (χ0) is 10.8. The molecule has 5 nitrogen and oxygen atoms in total. The smallest absolute Gasteiger partial charge is 0.229 e. The first-order valence-electron chi connectivity index (χ1n) is 4.65. The quantitative estimate of drug-likeness (QED) is 0.636. The maximum absolute atomic E-state index is 5.48. The Morgan fingerprint density at radius 3 is 2.87 bits per heavy atom. The van der Waals surface area contributed by atoms with Crippen LogP contribution in [0, 0.1) is 6.92 Å². The Morgan fingerprint density at radius 2 is 2.20 bits per heavy atom. The molecule has 0 aliphatic rings. The Labute approximate surface area is 91.6 Å². The number of aromatic amines is 1. The second-order valence-electron chi connectivity index (χ2n) is 3.00. The van der Waals surface area contributed by atoms with Gasteiger partial charge in [0, 0.05) is 5.69 Å². The minimum Gasteiger partial charge on any atom is -0.477 e. The topological polar surface area (TPSA) is 63.7 Å². The molecule has 1 N–H and O–H groups in total. The van der Waals surface area contributed by atoms with Gasteiger partial charge in [-0.1, -0.05) is 11.8 Å². The molecule has 80 valence electrons. The lowest BCUT2D eigenvalue weighted by atomic mass is 10.3. The maximum atomic E-state index is 5.48. The van der Waals surface area contributed by atoms with Crippen LogP contribution >= 0.6 is 11.8 Å². The molecular weight excluding hydrogens is 212 g/mol. The lowest BCUT2D eigenvalue weighted by molar-refractivity contribution is 0.328. The highest BCUT2D eigenvalue weighted by molar-refractivity contribution is 7.98. The second kappa shape index (κ2) is 4.06. The summed E-state index contributed by atoms with van der Waals surface area (Å²) in [4.78, 5) is 8.60. The Hall–Kier alpha value is -1.30. The van der Waals surface area contributed by atoms with E-state index in [2.05, 4.69) is 20.2 Å². The predicted octanol–water partition coefficient (Wildman–Crippen LogP) is 1.78. The van der Waals surface area contributed by atoms with E-state index >= 15 is 0 Å². The van der Waals surface area contributed by atoms with Crippen LogP contribution in [0.2, 0.25) is 0 Å². The summed E-state index contributed by atoms with van der Waals surface area (Å²) in [7, 11) is 0. The molecule has 0 aliphatic heterocycles. The van der Waals surface area contributed by atoms with E-state index in [1.165, 1.54) is 11.8 Å². The number of aromatic nitrogens is 4. The molecule has 0 spiro atoms. The maximum Gasteiger partial charge on any atom is 0.229 e. The van der Waals surface area contributed by atoms with Crippen LogP contribution in [0.1, 0.15) is 12.6 Å². The molecule has 2 heterocycles. The van der Waals surface area contributed by atoms with Gasteiger partial charge in [-0.15, -0.1) is 0 Å². The predicted molar refractivity (Wildman–Crippen MR) is 59.4 cm³/mol. The highest BCUT2D eigenvalue weighted by Gasteiger charge is 2.13. The highest BCUT2D eigenvalue weighted by Crippen LogP contribution is 2.26. The summed E-state index contributed by atoms with van der Waals surface area (Å²) in [5.74, 6) is 0.609. The van der Waals surface area contributed by atoms with Gasteiger partial charge in [-0.25, -0.2) is 4.98 Å². The second-order valence-corrected chi connectivity index (χ2v) is 3.77. The van der Waals surface area contributed by atoms with E-state index in [4.69, 9.17) is 4.74 Å². The summed E-state index contributed by atoms with van der Waals surface area (Å²) < 4.78 is 5.48. The molecule has 0 saturated heterocycles. The number of thioether (sulfide) groups is 1. The fourth-order valence-electron chi connectivity index (χ4n) is 1.34. The van der Waals surface area contributed by atoms with Gasteiger partial charge in [-0.3, -0.25) is 5.10 Å². The van der Waals surface area contributed by atoms with Gasteiger partial charge in [-0.2, -0.15) is 10.1 Å². The van der Waals surface area contributed by atoms with Crippen LogP contribution in [0.15, 0.2) is 5.16 Å². The Balaban J connectivity index is 2.66. The summed E-state index contributed by atoms with van der Waals surface area (Å²) >= 11 is 1.48. The fourth-order valence-corrected chi connectivity index (χ4v) is 1.70. The third-order valence-electron chi connectivity index (χ3n) is 2.00. The third kappa shape index (κ3) is 1.77. The van der Waals surface area contributed by atoms with Crippen molar-refractivity contribution in [2.24, 2.45) is 0 Å². The van der Waals surface area contributed by atoms with Crippen molar-refractivity contribution in [3.8, 4) is 5.88 Å². The van der Waals surface area contributed by atoms with E-state index < -0.39 is 0 Å². The summed E-state index contributed by atoms with van der Waals surface area (Å²) in [5.41, 5.74) is 1.59. The molecule has 0 unspecified atom stereocenters. The highest BCUT2D eigenvalue weighted by atomic mass is 32.2. The van der Waals surface area contributed by atoms with Crippen molar-refractivity contribution in [3.63, 3.8) is 0 Å². The van der Waals surface area contributed by atoms with Gasteiger partial charge in [0.15, 0.2) is 10.8 Å². The van der Waals surface area contributed by atoms with Crippen molar-refractivity contribution in [1.29, 1.82) is 0 Å². The summed E-state index contributed by atoms with van der Waals surface area (Å²) in [6.45, 7) is 4.45. The Morgan fingerprint density at radius 1 is 1.40 bits per heavy atom. The van der Waals surface area contributed by atoms with Gasteiger partial charge in [0.1, 0.15) is 5.39 Å². The van der Waals surface area contributed by atoms with Crippen LogP contribution in [0.4, 0.5) is 0 Å². The summed E-state index contributed by atoms with van der Waals surface area (Å²) in [6.07, 6.45) is 1.93. The zero-order valence-corrected chi connectivity index (χ0v) is 9.68. The van der Waals surface area contributed by atoms with Gasteiger partial charge in [-0.05, 0) is 20.1 Å². The zero-order valence-electron chi connectivity index (χ0n) is 8.87. The molecule has 0 radical (unpaired) electrons. The molecule has 2 rings (SSSR count). The number of hydrogen-bond donors (Lipinski definition) is 1. The molecule has 0 atom stereocenters. The Kier molecular flexibility index (Phi) is 2.77. The number of rotatable bonds is 3. The first-order chi connectivity index (χ1) is 7.26. The molecule has 0 fully saturated rings. The minimum atomic E-state index is 0.588. The van der Waals surface area contributed by atoms with Crippen molar-refractivity contribution in [2.75, 3.05) is 12.9 Å². The van der Waals surface area contributed by atoms with Gasteiger partial charge in [0.25, 0.3) is 0 Å². The van der Waals surface area contributed by atoms with Gasteiger partial charge >= 0.3 is 0 Å². The molecule has 15 heavy (non-hydrogen) atoms. The van der Waals surface area contributed by atoms with E-state index in [-0.39, 0.29) is 0 Å². The molecule has 2 aromatic heterocycles. The molecule has 0 aliphatic carbocycles. The van der Waals surface area contributed by atoms with E-state index in [0.29, 0.717) is 23.3 Å². The van der Waals surface area contributed by atoms with Crippen molar-refractivity contribution >= 4 is 22.8 Å². The number of fused-ring (bicyclic) bond motifs is 1. The average Bonchev–Trinajstić information content (AvgIpc) is 2.61. The van der Waals surface area contributed by atoms with Crippen molar-refractivity contribution in [2.45, 2.75) is 19.0 Å². The van der Waals surface area contributed by atoms with E-state index in [1.54, 1.807) is 0 Å². The molecule has 6 heteroatoms. The van der Waals surface area contributed by atoms with Crippen LogP contribution in [-0.4, -0.2) is 33.0 Å². The number of hydrogen-bond acceptors (Lipinski definition) is 5. The first-order valence-corrected chi connectivity index (χ1v) is 5.88. The molecule has 0 aromatic carbocycles. The van der Waals surface area contributed by atoms with Gasteiger partial charge in [0.2, 0.25) is 5.88 Å². The van der Waals surface area contributed by atoms with Crippen LogP contribution in [0.5, 0.6) is 5.88 Å². The lowest BCUT2D eigenvalue weighted by Crippen LogP contribution is -1.98. The number of nitrogens with zero attached hydrogens (tertiary/aromatic N) is 3. The van der Waals surface area contributed by atoms with Gasteiger partial charge < -0.3 is 4.74 Å². The number of aryl methyl sites for hydroxylation is 1. The largest absolute Gasteiger partial charge is 0.477 e. The standard InChI is InChI=1S/C9H12N4OS/c1-4-14-8-6-5(2)12-13-7(6)10-9(11-8)15-3/h4H2,1-3H3,(H,10,11,12,13). The number of nitrogens with one attached hydrogen (secondary N) is 1. The van der Waals surface area contributed by atoms with E-state index in [1.807, 2.05) is 20.1 Å². The van der Waals surface area contributed by atoms with E-state index in [0.717, 1.165) is 11.1 Å². The SMILES string of the molecule is CCOc1nc(SC)nc2n[nH]c(C)c12. The number of ether oxygens (including phenoxy) is 1. The third-order valence-corrected chi connectivity index (χ3v) is 2.55. The average molecular weight is 224 g/mol. The monoisotopic (exact) mass is 224 g/mol. The normalized spacial score (nSPS) is 10.9. The van der Waals surface area contributed by atoms with E-state index in [9.17, 15) is 0 Å². The number of H-pyrrole nitrogens is 1. The summed E-state index contributed by atoms with van der Waals surface area (Å²) in [5, 5.41) is 8.53. The molecule has 0 bridgehead atoms. The molecule has 2 aromatic rings. The molecular formula is C9H12N4OS. The van der Waals surface area contributed by atoms with Crippen LogP contribution < -0.4 is 4.74 Å². The summed E-state index contributed by atoms with van der Waals surface area (Å²) in [6, 6.07) is 0. The lowest BCUT2D eigenvalue weighted by Gasteiger charge is -2.04. The Bertz CT molecular complexity index is 482. The van der Waals surface area contributed by atoms with Crippen molar-refractivity contribution in [3.05, 3.63) is 5.69 Å². The van der Waals surface area contributed by atoms with Gasteiger partial charge in [0.05, 0.1) is 6.61 Å². The molecule has 0 saturated carbocycles. The van der Waals surface area contributed by atoms with Crippen LogP contribution in [0.25, 0.3) is 11.0 Å². The van der Waals surface area contributed by atoms with Crippen LogP contribution in [-0.2, 0) is 0 Å².